The van der Waals surface area contributed by atoms with Gasteiger partial charge in [-0.15, -0.1) is 0 Å². The molecule has 2 atom stereocenters. The van der Waals surface area contributed by atoms with Gasteiger partial charge in [0.2, 0.25) is 5.91 Å². The Balaban J connectivity index is 1.56. The molecular weight excluding hydrogens is 254 g/mol. The lowest BCUT2D eigenvalue weighted by atomic mass is 10.1. The highest BCUT2D eigenvalue weighted by molar-refractivity contribution is 5.91. The smallest absolute Gasteiger partial charge is 0.246 e. The molecule has 2 heterocycles. The van der Waals surface area contributed by atoms with Crippen LogP contribution in [0.2, 0.25) is 0 Å². The van der Waals surface area contributed by atoms with Crippen LogP contribution in [0.5, 0.6) is 0 Å². The zero-order chi connectivity index (χ0) is 14.1. The standard InChI is InChI=1S/C16H21NO3/c1-11-10-14(11)15-4-2-13(20-15)3-5-16(19)17-8-6-12(18)7-9-17/h2-5,11-12,14,18H,6-10H2,1H3/b5-3-/t11-,14+/m1/s1. The molecule has 1 saturated carbocycles. The van der Waals surface area contributed by atoms with Gasteiger partial charge in [0.05, 0.1) is 6.10 Å². The van der Waals surface area contributed by atoms with Gasteiger partial charge in [0.15, 0.2) is 0 Å². The average Bonchev–Trinajstić information content (AvgIpc) is 3.00. The second-order valence-electron chi connectivity index (χ2n) is 5.95. The van der Waals surface area contributed by atoms with Gasteiger partial charge in [-0.3, -0.25) is 4.79 Å². The van der Waals surface area contributed by atoms with Gasteiger partial charge < -0.3 is 14.4 Å². The molecule has 108 valence electrons. The number of aliphatic hydroxyl groups excluding tert-OH is 1. The summed E-state index contributed by atoms with van der Waals surface area (Å²) < 4.78 is 5.74. The van der Waals surface area contributed by atoms with Crippen LogP contribution in [-0.2, 0) is 4.79 Å². The Morgan fingerprint density at radius 2 is 2.10 bits per heavy atom. The molecule has 4 heteroatoms. The van der Waals surface area contributed by atoms with Gasteiger partial charge >= 0.3 is 0 Å². The van der Waals surface area contributed by atoms with Gasteiger partial charge in [-0.1, -0.05) is 6.92 Å². The largest absolute Gasteiger partial charge is 0.461 e. The van der Waals surface area contributed by atoms with Gasteiger partial charge in [-0.05, 0) is 43.4 Å². The molecule has 0 aromatic carbocycles. The molecule has 0 bridgehead atoms. The third kappa shape index (κ3) is 2.96. The maximum Gasteiger partial charge on any atom is 0.246 e. The van der Waals surface area contributed by atoms with E-state index in [0.717, 1.165) is 17.4 Å². The van der Waals surface area contributed by atoms with Crippen molar-refractivity contribution in [3.63, 3.8) is 0 Å². The van der Waals surface area contributed by atoms with Crippen LogP contribution in [0.4, 0.5) is 0 Å². The van der Waals surface area contributed by atoms with Gasteiger partial charge in [0.1, 0.15) is 11.5 Å². The SMILES string of the molecule is C[C@@H]1C[C@@H]1c1ccc(/C=C\C(=O)N2CCC(O)CC2)o1. The Kier molecular flexibility index (Phi) is 3.66. The van der Waals surface area contributed by atoms with Crippen LogP contribution in [0.15, 0.2) is 22.6 Å². The lowest BCUT2D eigenvalue weighted by molar-refractivity contribution is -0.127. The van der Waals surface area contributed by atoms with Crippen LogP contribution in [-0.4, -0.2) is 35.1 Å². The fourth-order valence-corrected chi connectivity index (χ4v) is 2.72. The molecule has 4 nitrogen and oxygen atoms in total. The minimum atomic E-state index is -0.254. The van der Waals surface area contributed by atoms with Crippen molar-refractivity contribution in [2.24, 2.45) is 5.92 Å². The van der Waals surface area contributed by atoms with E-state index in [4.69, 9.17) is 4.42 Å². The molecule has 1 amide bonds. The van der Waals surface area contributed by atoms with Gasteiger partial charge in [-0.2, -0.15) is 0 Å². The summed E-state index contributed by atoms with van der Waals surface area (Å²) in [5.74, 6) is 3.06. The van der Waals surface area contributed by atoms with E-state index < -0.39 is 0 Å². The summed E-state index contributed by atoms with van der Waals surface area (Å²) in [5, 5.41) is 9.43. The Morgan fingerprint density at radius 3 is 2.75 bits per heavy atom. The zero-order valence-corrected chi connectivity index (χ0v) is 11.8. The minimum absolute atomic E-state index is 0.00496. The van der Waals surface area contributed by atoms with Crippen molar-refractivity contribution in [3.05, 3.63) is 29.7 Å². The number of nitrogens with zero attached hydrogens (tertiary/aromatic N) is 1. The monoisotopic (exact) mass is 275 g/mol. The van der Waals surface area contributed by atoms with E-state index in [1.54, 1.807) is 17.1 Å². The zero-order valence-electron chi connectivity index (χ0n) is 11.8. The minimum Gasteiger partial charge on any atom is -0.461 e. The maximum atomic E-state index is 12.0. The number of aliphatic hydroxyl groups is 1. The van der Waals surface area contributed by atoms with Crippen molar-refractivity contribution in [1.29, 1.82) is 0 Å². The third-order valence-electron chi connectivity index (χ3n) is 4.29. The van der Waals surface area contributed by atoms with Crippen molar-refractivity contribution in [1.82, 2.24) is 4.90 Å². The number of hydrogen-bond acceptors (Lipinski definition) is 3. The van der Waals surface area contributed by atoms with Crippen molar-refractivity contribution in [3.8, 4) is 0 Å². The first-order valence-electron chi connectivity index (χ1n) is 7.38. The predicted octanol–water partition coefficient (Wildman–Crippen LogP) is 2.40. The summed E-state index contributed by atoms with van der Waals surface area (Å²) in [5.41, 5.74) is 0. The number of hydrogen-bond donors (Lipinski definition) is 1. The number of rotatable bonds is 3. The molecule has 1 N–H and O–H groups in total. The topological polar surface area (TPSA) is 53.7 Å². The summed E-state index contributed by atoms with van der Waals surface area (Å²) in [7, 11) is 0. The number of carbonyl (C=O) groups excluding carboxylic acids is 1. The molecule has 1 aromatic rings. The van der Waals surface area contributed by atoms with E-state index in [0.29, 0.717) is 31.8 Å². The lowest BCUT2D eigenvalue weighted by Gasteiger charge is -2.28. The van der Waals surface area contributed by atoms with E-state index in [1.165, 1.54) is 6.42 Å². The lowest BCUT2D eigenvalue weighted by Crippen LogP contribution is -2.39. The quantitative estimate of drug-likeness (QED) is 0.862. The first kappa shape index (κ1) is 13.4. The second-order valence-corrected chi connectivity index (χ2v) is 5.95. The number of carbonyl (C=O) groups is 1. The van der Waals surface area contributed by atoms with Gasteiger partial charge in [0.25, 0.3) is 0 Å². The van der Waals surface area contributed by atoms with Crippen LogP contribution in [0, 0.1) is 5.92 Å². The van der Waals surface area contributed by atoms with Crippen molar-refractivity contribution >= 4 is 12.0 Å². The molecular formula is C16H21NO3. The third-order valence-corrected chi connectivity index (χ3v) is 4.29. The fraction of sp³-hybridized carbons (Fsp3) is 0.562. The summed E-state index contributed by atoms with van der Waals surface area (Å²) in [6.45, 7) is 3.48. The second kappa shape index (κ2) is 5.44. The van der Waals surface area contributed by atoms with E-state index in [9.17, 15) is 9.90 Å². The number of likely N-dealkylation sites (tertiary alicyclic amines) is 1. The van der Waals surface area contributed by atoms with E-state index in [2.05, 4.69) is 6.92 Å². The molecule has 2 fully saturated rings. The average molecular weight is 275 g/mol. The highest BCUT2D eigenvalue weighted by Crippen LogP contribution is 2.47. The van der Waals surface area contributed by atoms with E-state index >= 15 is 0 Å². The molecule has 20 heavy (non-hydrogen) atoms. The van der Waals surface area contributed by atoms with Crippen LogP contribution < -0.4 is 0 Å². The number of furan rings is 1. The molecule has 0 spiro atoms. The highest BCUT2D eigenvalue weighted by Gasteiger charge is 2.36. The fourth-order valence-electron chi connectivity index (χ4n) is 2.72. The number of amides is 1. The molecule has 2 aliphatic rings. The molecule has 1 aliphatic carbocycles. The summed E-state index contributed by atoms with van der Waals surface area (Å²) in [6, 6.07) is 3.93. The van der Waals surface area contributed by atoms with Crippen LogP contribution in [0.1, 0.15) is 43.6 Å². The first-order chi connectivity index (χ1) is 9.63. The van der Waals surface area contributed by atoms with Crippen LogP contribution in [0.3, 0.4) is 0 Å². The van der Waals surface area contributed by atoms with E-state index in [-0.39, 0.29) is 12.0 Å². The van der Waals surface area contributed by atoms with Crippen molar-refractivity contribution in [2.45, 2.75) is 38.2 Å². The molecule has 0 radical (unpaired) electrons. The Morgan fingerprint density at radius 1 is 1.40 bits per heavy atom. The van der Waals surface area contributed by atoms with Gasteiger partial charge in [-0.25, -0.2) is 0 Å². The van der Waals surface area contributed by atoms with E-state index in [1.807, 2.05) is 12.1 Å². The van der Waals surface area contributed by atoms with Crippen LogP contribution in [0.25, 0.3) is 6.08 Å². The normalized spacial score (nSPS) is 27.2. The van der Waals surface area contributed by atoms with Crippen molar-refractivity contribution < 1.29 is 14.3 Å². The summed E-state index contributed by atoms with van der Waals surface area (Å²) in [6.07, 6.45) is 5.59. The van der Waals surface area contributed by atoms with Crippen LogP contribution >= 0.6 is 0 Å². The highest BCUT2D eigenvalue weighted by atomic mass is 16.3. The Labute approximate surface area is 119 Å². The maximum absolute atomic E-state index is 12.0. The molecule has 1 aromatic heterocycles. The molecule has 1 aliphatic heterocycles. The molecule has 0 unspecified atom stereocenters. The summed E-state index contributed by atoms with van der Waals surface area (Å²) >= 11 is 0. The summed E-state index contributed by atoms with van der Waals surface area (Å²) in [4.78, 5) is 13.8. The Bertz CT molecular complexity index is 512. The number of piperidine rings is 1. The predicted molar refractivity (Wildman–Crippen MR) is 76.1 cm³/mol. The van der Waals surface area contributed by atoms with Gasteiger partial charge in [0, 0.05) is 25.1 Å². The molecule has 3 rings (SSSR count). The first-order valence-corrected chi connectivity index (χ1v) is 7.38. The van der Waals surface area contributed by atoms with Crippen molar-refractivity contribution in [2.75, 3.05) is 13.1 Å². The Hall–Kier alpha value is -1.55. The molecule has 1 saturated heterocycles.